The standard InChI is InChI=1S/C20H31FN4O2.HI/c1-3-27-12-11-20(9-4-5-10-20)15-24-19(22-2)23-14-18(26)25-17-8-6-7-16(21)13-17;/h6-8,13H,3-5,9-12,14-15H2,1-2H3,(H,25,26)(H2,22,23,24);1H. The van der Waals surface area contributed by atoms with Crippen LogP contribution in [0, 0.1) is 11.2 Å². The predicted molar refractivity (Wildman–Crippen MR) is 122 cm³/mol. The quantitative estimate of drug-likeness (QED) is 0.207. The van der Waals surface area contributed by atoms with Gasteiger partial charge in [-0.2, -0.15) is 0 Å². The molecule has 1 aromatic carbocycles. The van der Waals surface area contributed by atoms with Crippen LogP contribution in [0.2, 0.25) is 0 Å². The molecular weight excluding hydrogens is 474 g/mol. The molecule has 8 heteroatoms. The number of nitrogens with zero attached hydrogens (tertiary/aromatic N) is 1. The zero-order valence-corrected chi connectivity index (χ0v) is 19.1. The first-order valence-corrected chi connectivity index (χ1v) is 9.64. The molecule has 1 fully saturated rings. The van der Waals surface area contributed by atoms with Crippen molar-refractivity contribution in [3.05, 3.63) is 30.1 Å². The zero-order chi connectivity index (χ0) is 19.5. The van der Waals surface area contributed by atoms with Crippen molar-refractivity contribution in [2.45, 2.75) is 39.0 Å². The lowest BCUT2D eigenvalue weighted by atomic mass is 9.83. The summed E-state index contributed by atoms with van der Waals surface area (Å²) in [6.45, 7) is 4.40. The fourth-order valence-electron chi connectivity index (χ4n) is 3.50. The molecule has 1 aliphatic rings. The Bertz CT molecular complexity index is 636. The van der Waals surface area contributed by atoms with Gasteiger partial charge in [0.2, 0.25) is 5.91 Å². The van der Waals surface area contributed by atoms with Crippen LogP contribution < -0.4 is 16.0 Å². The van der Waals surface area contributed by atoms with Gasteiger partial charge in [0.15, 0.2) is 5.96 Å². The summed E-state index contributed by atoms with van der Waals surface area (Å²) in [5.74, 6) is -0.0466. The number of guanidine groups is 1. The average Bonchev–Trinajstić information content (AvgIpc) is 3.11. The fraction of sp³-hybridized carbons (Fsp3) is 0.600. The Morgan fingerprint density at radius 3 is 2.68 bits per heavy atom. The lowest BCUT2D eigenvalue weighted by Crippen LogP contribution is -2.45. The third-order valence-electron chi connectivity index (χ3n) is 5.02. The lowest BCUT2D eigenvalue weighted by molar-refractivity contribution is -0.115. The van der Waals surface area contributed by atoms with Gasteiger partial charge in [-0.25, -0.2) is 4.39 Å². The van der Waals surface area contributed by atoms with E-state index in [1.54, 1.807) is 19.2 Å². The molecule has 1 amide bonds. The van der Waals surface area contributed by atoms with E-state index in [2.05, 4.69) is 20.9 Å². The number of halogens is 2. The molecule has 6 nitrogen and oxygen atoms in total. The average molecular weight is 506 g/mol. The minimum Gasteiger partial charge on any atom is -0.382 e. The minimum atomic E-state index is -0.382. The summed E-state index contributed by atoms with van der Waals surface area (Å²) in [5, 5.41) is 9.03. The molecule has 2 rings (SSSR count). The second kappa shape index (κ2) is 12.9. The van der Waals surface area contributed by atoms with Crippen LogP contribution in [0.3, 0.4) is 0 Å². The van der Waals surface area contributed by atoms with Crippen molar-refractivity contribution in [1.82, 2.24) is 10.6 Å². The van der Waals surface area contributed by atoms with Gasteiger partial charge in [-0.15, -0.1) is 24.0 Å². The summed E-state index contributed by atoms with van der Waals surface area (Å²) in [5.41, 5.74) is 0.668. The number of ether oxygens (including phenoxy) is 1. The Morgan fingerprint density at radius 1 is 1.29 bits per heavy atom. The van der Waals surface area contributed by atoms with Gasteiger partial charge in [0, 0.05) is 32.5 Å². The first kappa shape index (κ1) is 24.6. The normalized spacial score (nSPS) is 15.6. The Balaban J connectivity index is 0.00000392. The van der Waals surface area contributed by atoms with Crippen LogP contribution in [0.1, 0.15) is 39.0 Å². The Kier molecular flexibility index (Phi) is 11.4. The number of hydrogen-bond donors (Lipinski definition) is 3. The van der Waals surface area contributed by atoms with Gasteiger partial charge in [-0.05, 0) is 49.8 Å². The second-order valence-corrected chi connectivity index (χ2v) is 6.99. The van der Waals surface area contributed by atoms with E-state index >= 15 is 0 Å². The maximum absolute atomic E-state index is 13.2. The Hall–Kier alpha value is -1.42. The van der Waals surface area contributed by atoms with Crippen LogP contribution in [-0.2, 0) is 9.53 Å². The molecule has 0 bridgehead atoms. The maximum atomic E-state index is 13.2. The molecule has 0 saturated heterocycles. The van der Waals surface area contributed by atoms with Crippen molar-refractivity contribution in [1.29, 1.82) is 0 Å². The number of hydrogen-bond acceptors (Lipinski definition) is 3. The van der Waals surface area contributed by atoms with Gasteiger partial charge < -0.3 is 20.7 Å². The predicted octanol–water partition coefficient (Wildman–Crippen LogP) is 3.53. The van der Waals surface area contributed by atoms with E-state index in [9.17, 15) is 9.18 Å². The summed E-state index contributed by atoms with van der Waals surface area (Å²) < 4.78 is 18.7. The van der Waals surface area contributed by atoms with E-state index in [1.165, 1.54) is 37.8 Å². The molecule has 0 unspecified atom stereocenters. The molecule has 0 aromatic heterocycles. The SMILES string of the molecule is CCOCCC1(CNC(=NC)NCC(=O)Nc2cccc(F)c2)CCCC1.I. The number of aliphatic imine (C=N–C) groups is 1. The Morgan fingerprint density at radius 2 is 2.04 bits per heavy atom. The first-order valence-electron chi connectivity index (χ1n) is 9.64. The zero-order valence-electron chi connectivity index (χ0n) is 16.7. The van der Waals surface area contributed by atoms with Crippen molar-refractivity contribution in [2.24, 2.45) is 10.4 Å². The van der Waals surface area contributed by atoms with Gasteiger partial charge >= 0.3 is 0 Å². The van der Waals surface area contributed by atoms with E-state index in [0.717, 1.165) is 26.2 Å². The van der Waals surface area contributed by atoms with Crippen LogP contribution in [0.5, 0.6) is 0 Å². The van der Waals surface area contributed by atoms with Crippen molar-refractivity contribution in [3.8, 4) is 0 Å². The van der Waals surface area contributed by atoms with Gasteiger partial charge in [-0.3, -0.25) is 9.79 Å². The van der Waals surface area contributed by atoms with Crippen LogP contribution in [0.25, 0.3) is 0 Å². The first-order chi connectivity index (χ1) is 13.1. The van der Waals surface area contributed by atoms with E-state index in [4.69, 9.17) is 4.74 Å². The van der Waals surface area contributed by atoms with Crippen LogP contribution >= 0.6 is 24.0 Å². The van der Waals surface area contributed by atoms with Gasteiger partial charge in [0.25, 0.3) is 0 Å². The topological polar surface area (TPSA) is 74.8 Å². The van der Waals surface area contributed by atoms with Crippen molar-refractivity contribution < 1.29 is 13.9 Å². The number of nitrogens with one attached hydrogen (secondary N) is 3. The highest BCUT2D eigenvalue weighted by Gasteiger charge is 2.33. The molecule has 28 heavy (non-hydrogen) atoms. The van der Waals surface area contributed by atoms with E-state index in [1.807, 2.05) is 6.92 Å². The third-order valence-corrected chi connectivity index (χ3v) is 5.02. The largest absolute Gasteiger partial charge is 0.382 e. The molecule has 1 aromatic rings. The molecule has 3 N–H and O–H groups in total. The molecule has 0 atom stereocenters. The van der Waals surface area contributed by atoms with E-state index in [-0.39, 0.29) is 47.7 Å². The summed E-state index contributed by atoms with van der Waals surface area (Å²) in [7, 11) is 1.68. The number of carbonyl (C=O) groups excluding carboxylic acids is 1. The van der Waals surface area contributed by atoms with Crippen molar-refractivity contribution in [2.75, 3.05) is 38.7 Å². The summed E-state index contributed by atoms with van der Waals surface area (Å²) in [4.78, 5) is 16.2. The number of rotatable bonds is 9. The summed E-state index contributed by atoms with van der Waals surface area (Å²) in [6, 6.07) is 5.83. The number of amides is 1. The van der Waals surface area contributed by atoms with Gasteiger partial charge in [-0.1, -0.05) is 18.9 Å². The van der Waals surface area contributed by atoms with Crippen molar-refractivity contribution >= 4 is 41.5 Å². The minimum absolute atomic E-state index is 0. The maximum Gasteiger partial charge on any atom is 0.243 e. The Labute approximate surface area is 184 Å². The summed E-state index contributed by atoms with van der Waals surface area (Å²) in [6.07, 6.45) is 5.89. The number of carbonyl (C=O) groups is 1. The monoisotopic (exact) mass is 506 g/mol. The molecule has 158 valence electrons. The number of benzene rings is 1. The molecule has 1 saturated carbocycles. The van der Waals surface area contributed by atoms with E-state index in [0.29, 0.717) is 11.6 Å². The van der Waals surface area contributed by atoms with Crippen LogP contribution in [0.15, 0.2) is 29.3 Å². The van der Waals surface area contributed by atoms with Crippen LogP contribution in [0.4, 0.5) is 10.1 Å². The van der Waals surface area contributed by atoms with Crippen molar-refractivity contribution in [3.63, 3.8) is 0 Å². The highest BCUT2D eigenvalue weighted by Crippen LogP contribution is 2.40. The lowest BCUT2D eigenvalue weighted by Gasteiger charge is -2.30. The summed E-state index contributed by atoms with van der Waals surface area (Å²) >= 11 is 0. The molecule has 0 radical (unpaired) electrons. The van der Waals surface area contributed by atoms with Crippen LogP contribution in [-0.4, -0.2) is 45.2 Å². The third kappa shape index (κ3) is 8.30. The molecule has 0 spiro atoms. The molecule has 1 aliphatic carbocycles. The van der Waals surface area contributed by atoms with Gasteiger partial charge in [0.05, 0.1) is 6.54 Å². The highest BCUT2D eigenvalue weighted by atomic mass is 127. The molecule has 0 heterocycles. The second-order valence-electron chi connectivity index (χ2n) is 6.99. The molecular formula is C20H32FIN4O2. The fourth-order valence-corrected chi connectivity index (χ4v) is 3.50. The number of anilines is 1. The van der Waals surface area contributed by atoms with Gasteiger partial charge in [0.1, 0.15) is 5.82 Å². The van der Waals surface area contributed by atoms with E-state index < -0.39 is 0 Å². The molecule has 0 aliphatic heterocycles. The highest BCUT2D eigenvalue weighted by molar-refractivity contribution is 14.0. The smallest absolute Gasteiger partial charge is 0.243 e.